The Bertz CT molecular complexity index is 808. The molecule has 4 aliphatic rings. The Morgan fingerprint density at radius 2 is 1.05 bits per heavy atom. The Kier molecular flexibility index (Phi) is 10.7. The fourth-order valence-corrected chi connectivity index (χ4v) is 4.94. The molecular weight excluding hydrogens is 552 g/mol. The standard InChI is InChI=1S/C22H38O18/c1-5-9(26)11(28)12(29)22(36-5)39-17-7(25)4-34-20(15(17)32)38-16-6(24)3-35-21(14(16)31)40-18-10(27)8(2-23)37-19(33)13(18)30/h5-33H,2-4H2,1H3/t5-,6+,7-,8+,9-,10+,11+,12+,13+,14+,15+,16-,17-,18-,19+,20-,21-,22-/m0/s1. The van der Waals surface area contributed by atoms with Crippen LogP contribution in [0.2, 0.25) is 0 Å². The van der Waals surface area contributed by atoms with Crippen molar-refractivity contribution < 1.29 is 89.3 Å². The van der Waals surface area contributed by atoms with Gasteiger partial charge >= 0.3 is 0 Å². The van der Waals surface area contributed by atoms with Crippen LogP contribution in [0.1, 0.15) is 6.92 Å². The van der Waals surface area contributed by atoms with Crippen molar-refractivity contribution in [2.75, 3.05) is 19.8 Å². The van der Waals surface area contributed by atoms with Crippen molar-refractivity contribution in [3.05, 3.63) is 0 Å². The molecule has 0 aromatic rings. The van der Waals surface area contributed by atoms with E-state index in [1.807, 2.05) is 0 Å². The lowest BCUT2D eigenvalue weighted by Gasteiger charge is -2.46. The number of aliphatic hydroxyl groups excluding tert-OH is 11. The average molecular weight is 591 g/mol. The van der Waals surface area contributed by atoms with Crippen LogP contribution in [-0.4, -0.2) is 187 Å². The number of rotatable bonds is 7. The van der Waals surface area contributed by atoms with Crippen LogP contribution in [0, 0.1) is 0 Å². The highest BCUT2D eigenvalue weighted by Crippen LogP contribution is 2.31. The second-order valence-corrected chi connectivity index (χ2v) is 10.2. The minimum atomic E-state index is -1.84. The summed E-state index contributed by atoms with van der Waals surface area (Å²) in [6.07, 6.45) is -28.4. The first kappa shape index (κ1) is 32.2. The SMILES string of the molecule is C[C@@H]1O[C@@H](O[C@@H]2[C@@H](O)[C@H](O[C@@H]3[C@@H](O)[C@H](O[C@@H]4[C@@H](O)[C@H](O)O[C@H](CO)[C@H]4O)OC[C@H]3O)OC[C@@H]2O)[C@H](O)[C@H](O)[C@H]1O. The fraction of sp³-hybridized carbons (Fsp3) is 1.00. The summed E-state index contributed by atoms with van der Waals surface area (Å²) in [5.74, 6) is 0. The van der Waals surface area contributed by atoms with Gasteiger partial charge in [0.2, 0.25) is 0 Å². The van der Waals surface area contributed by atoms with E-state index in [-0.39, 0.29) is 0 Å². The lowest BCUT2D eigenvalue weighted by atomic mass is 9.98. The van der Waals surface area contributed by atoms with Gasteiger partial charge in [-0.1, -0.05) is 0 Å². The summed E-state index contributed by atoms with van der Waals surface area (Å²) >= 11 is 0. The van der Waals surface area contributed by atoms with Crippen LogP contribution in [0.4, 0.5) is 0 Å². The monoisotopic (exact) mass is 590 g/mol. The Morgan fingerprint density at radius 1 is 0.550 bits per heavy atom. The number of ether oxygens (including phenoxy) is 7. The maximum atomic E-state index is 10.8. The molecule has 0 saturated carbocycles. The number of hydrogen-bond donors (Lipinski definition) is 11. The zero-order chi connectivity index (χ0) is 29.5. The van der Waals surface area contributed by atoms with E-state index >= 15 is 0 Å². The lowest BCUT2D eigenvalue weighted by Crippen LogP contribution is -2.65. The van der Waals surface area contributed by atoms with E-state index in [1.54, 1.807) is 0 Å². The highest BCUT2D eigenvalue weighted by atomic mass is 16.8. The number of aliphatic hydroxyl groups is 11. The summed E-state index contributed by atoms with van der Waals surface area (Å²) < 4.78 is 37.4. The van der Waals surface area contributed by atoms with Crippen LogP contribution in [-0.2, 0) is 33.2 Å². The van der Waals surface area contributed by atoms with Gasteiger partial charge in [-0.25, -0.2) is 0 Å². The summed E-state index contributed by atoms with van der Waals surface area (Å²) in [6.45, 7) is -0.267. The van der Waals surface area contributed by atoms with Gasteiger partial charge in [-0.2, -0.15) is 0 Å². The van der Waals surface area contributed by atoms with Crippen LogP contribution in [0.25, 0.3) is 0 Å². The first-order valence-corrected chi connectivity index (χ1v) is 12.8. The van der Waals surface area contributed by atoms with E-state index in [1.165, 1.54) is 6.92 Å². The van der Waals surface area contributed by atoms with Crippen LogP contribution in [0.5, 0.6) is 0 Å². The third-order valence-corrected chi connectivity index (χ3v) is 7.37. The normalized spacial score (nSPS) is 54.3. The summed E-state index contributed by atoms with van der Waals surface area (Å²) in [4.78, 5) is 0. The molecule has 18 atom stereocenters. The second kappa shape index (κ2) is 13.3. The molecule has 18 heteroatoms. The van der Waals surface area contributed by atoms with Gasteiger partial charge in [0.05, 0.1) is 25.9 Å². The molecule has 4 aliphatic heterocycles. The Hall–Kier alpha value is -0.720. The molecule has 0 radical (unpaired) electrons. The summed E-state index contributed by atoms with van der Waals surface area (Å²) in [7, 11) is 0. The van der Waals surface area contributed by atoms with Crippen molar-refractivity contribution in [1.29, 1.82) is 0 Å². The molecule has 11 N–H and O–H groups in total. The molecule has 18 nitrogen and oxygen atoms in total. The predicted molar refractivity (Wildman–Crippen MR) is 120 cm³/mol. The Labute approximate surface area is 227 Å². The molecule has 0 spiro atoms. The molecule has 0 amide bonds. The summed E-state index contributed by atoms with van der Waals surface area (Å²) in [6, 6.07) is 0. The Balaban J connectivity index is 1.41. The van der Waals surface area contributed by atoms with Gasteiger partial charge < -0.3 is 89.3 Å². The van der Waals surface area contributed by atoms with Crippen LogP contribution >= 0.6 is 0 Å². The van der Waals surface area contributed by atoms with Crippen LogP contribution < -0.4 is 0 Å². The second-order valence-electron chi connectivity index (χ2n) is 10.2. The fourth-order valence-electron chi connectivity index (χ4n) is 4.94. The summed E-state index contributed by atoms with van der Waals surface area (Å²) in [5, 5.41) is 112. The average Bonchev–Trinajstić information content (AvgIpc) is 2.92. The first-order valence-electron chi connectivity index (χ1n) is 12.8. The van der Waals surface area contributed by atoms with Gasteiger partial charge in [-0.3, -0.25) is 0 Å². The van der Waals surface area contributed by atoms with Crippen molar-refractivity contribution in [2.45, 2.75) is 118 Å². The maximum absolute atomic E-state index is 10.8. The molecule has 0 aliphatic carbocycles. The molecule has 0 bridgehead atoms. The van der Waals surface area contributed by atoms with Gasteiger partial charge in [0, 0.05) is 0 Å². The maximum Gasteiger partial charge on any atom is 0.187 e. The lowest BCUT2D eigenvalue weighted by molar-refractivity contribution is -0.371. The summed E-state index contributed by atoms with van der Waals surface area (Å²) in [5.41, 5.74) is 0. The zero-order valence-corrected chi connectivity index (χ0v) is 21.3. The smallest absolute Gasteiger partial charge is 0.187 e. The van der Waals surface area contributed by atoms with E-state index in [2.05, 4.69) is 0 Å². The van der Waals surface area contributed by atoms with Crippen LogP contribution in [0.3, 0.4) is 0 Å². The molecule has 4 rings (SSSR count). The third-order valence-electron chi connectivity index (χ3n) is 7.37. The highest BCUT2D eigenvalue weighted by Gasteiger charge is 2.52. The molecule has 4 saturated heterocycles. The van der Waals surface area contributed by atoms with Crippen molar-refractivity contribution in [3.63, 3.8) is 0 Å². The zero-order valence-electron chi connectivity index (χ0n) is 21.3. The molecule has 0 aromatic carbocycles. The topological polar surface area (TPSA) is 287 Å². The van der Waals surface area contributed by atoms with Crippen molar-refractivity contribution in [2.24, 2.45) is 0 Å². The highest BCUT2D eigenvalue weighted by molar-refractivity contribution is 4.94. The minimum absolute atomic E-state index is 0.466. The van der Waals surface area contributed by atoms with Crippen molar-refractivity contribution in [1.82, 2.24) is 0 Å². The van der Waals surface area contributed by atoms with Crippen molar-refractivity contribution >= 4 is 0 Å². The third kappa shape index (κ3) is 6.44. The van der Waals surface area contributed by atoms with E-state index in [0.717, 1.165) is 0 Å². The molecule has 4 fully saturated rings. The van der Waals surface area contributed by atoms with Crippen molar-refractivity contribution in [3.8, 4) is 0 Å². The van der Waals surface area contributed by atoms with Gasteiger partial charge in [0.25, 0.3) is 0 Å². The first-order chi connectivity index (χ1) is 18.8. The molecule has 0 unspecified atom stereocenters. The largest absolute Gasteiger partial charge is 0.394 e. The molecular formula is C22H38O18. The van der Waals surface area contributed by atoms with E-state index in [9.17, 15) is 56.2 Å². The van der Waals surface area contributed by atoms with Gasteiger partial charge in [0.15, 0.2) is 25.2 Å². The molecule has 40 heavy (non-hydrogen) atoms. The molecule has 234 valence electrons. The van der Waals surface area contributed by atoms with E-state index in [0.29, 0.717) is 0 Å². The van der Waals surface area contributed by atoms with E-state index < -0.39 is 130 Å². The quantitative estimate of drug-likeness (QED) is 0.131. The molecule has 0 aromatic heterocycles. The van der Waals surface area contributed by atoms with Crippen LogP contribution in [0.15, 0.2) is 0 Å². The Morgan fingerprint density at radius 3 is 1.57 bits per heavy atom. The van der Waals surface area contributed by atoms with Gasteiger partial charge in [-0.15, -0.1) is 0 Å². The van der Waals surface area contributed by atoms with E-state index in [4.69, 9.17) is 33.2 Å². The van der Waals surface area contributed by atoms with Gasteiger partial charge in [0.1, 0.15) is 79.4 Å². The number of hydrogen-bond acceptors (Lipinski definition) is 18. The van der Waals surface area contributed by atoms with Gasteiger partial charge in [-0.05, 0) is 6.92 Å². The predicted octanol–water partition coefficient (Wildman–Crippen LogP) is -7.44. The minimum Gasteiger partial charge on any atom is -0.394 e. The molecule has 4 heterocycles.